The van der Waals surface area contributed by atoms with Gasteiger partial charge in [0.05, 0.1) is 0 Å². The van der Waals surface area contributed by atoms with Gasteiger partial charge in [-0.05, 0) is 38.6 Å². The summed E-state index contributed by atoms with van der Waals surface area (Å²) < 4.78 is 0. The first-order chi connectivity index (χ1) is 8.06. The third-order valence-electron chi connectivity index (χ3n) is 2.11. The highest BCUT2D eigenvalue weighted by Crippen LogP contribution is 2.28. The van der Waals surface area contributed by atoms with E-state index in [0.717, 1.165) is 16.3 Å². The molecule has 88 valence electrons. The average molecular weight is 267 g/mol. The zero-order valence-corrected chi connectivity index (χ0v) is 11.3. The van der Waals surface area contributed by atoms with Crippen LogP contribution in [0.3, 0.4) is 0 Å². The summed E-state index contributed by atoms with van der Waals surface area (Å²) >= 11 is 7.41. The van der Waals surface area contributed by atoms with Crippen LogP contribution in [0.5, 0.6) is 0 Å². The van der Waals surface area contributed by atoms with Gasteiger partial charge < -0.3 is 0 Å². The quantitative estimate of drug-likeness (QED) is 0.618. The summed E-state index contributed by atoms with van der Waals surface area (Å²) in [6.07, 6.45) is 1.73. The number of hydrogen-bond acceptors (Lipinski definition) is 5. The van der Waals surface area contributed by atoms with E-state index in [-0.39, 0.29) is 0 Å². The van der Waals surface area contributed by atoms with Crippen LogP contribution in [0.4, 0.5) is 0 Å². The van der Waals surface area contributed by atoms with E-state index in [2.05, 4.69) is 19.9 Å². The Morgan fingerprint density at radius 1 is 1.12 bits per heavy atom. The van der Waals surface area contributed by atoms with Gasteiger partial charge in [0.1, 0.15) is 16.0 Å². The minimum Gasteiger partial charge on any atom is -0.231 e. The fraction of sp³-hybridized carbons (Fsp3) is 0.273. The SMILES string of the molecule is Cc1ccnc(Sc2nc(C)nc(Cl)c2C)n1. The zero-order valence-electron chi connectivity index (χ0n) is 9.73. The smallest absolute Gasteiger partial charge is 0.194 e. The number of halogens is 1. The predicted molar refractivity (Wildman–Crippen MR) is 67.4 cm³/mol. The molecule has 0 aliphatic rings. The van der Waals surface area contributed by atoms with Crippen LogP contribution in [0.15, 0.2) is 22.4 Å². The van der Waals surface area contributed by atoms with Gasteiger partial charge >= 0.3 is 0 Å². The standard InChI is InChI=1S/C11H11ClN4S/c1-6-4-5-13-11(14-6)17-10-7(2)9(12)15-8(3)16-10/h4-5H,1-3H3. The van der Waals surface area contributed by atoms with Crippen molar-refractivity contribution in [2.24, 2.45) is 0 Å². The first-order valence-electron chi connectivity index (χ1n) is 5.04. The lowest BCUT2D eigenvalue weighted by Gasteiger charge is -2.06. The first kappa shape index (κ1) is 12.3. The van der Waals surface area contributed by atoms with Crippen LogP contribution < -0.4 is 0 Å². The summed E-state index contributed by atoms with van der Waals surface area (Å²) in [7, 11) is 0. The van der Waals surface area contributed by atoms with Crippen molar-refractivity contribution in [1.29, 1.82) is 0 Å². The monoisotopic (exact) mass is 266 g/mol. The number of nitrogens with zero attached hydrogens (tertiary/aromatic N) is 4. The minimum atomic E-state index is 0.479. The highest BCUT2D eigenvalue weighted by molar-refractivity contribution is 7.99. The molecule has 0 aliphatic heterocycles. The molecule has 2 heterocycles. The second-order valence-corrected chi connectivity index (χ2v) is 4.89. The van der Waals surface area contributed by atoms with Crippen LogP contribution in [0, 0.1) is 20.8 Å². The van der Waals surface area contributed by atoms with E-state index in [0.29, 0.717) is 16.1 Å². The zero-order chi connectivity index (χ0) is 12.4. The Labute approximate surface area is 109 Å². The van der Waals surface area contributed by atoms with Crippen molar-refractivity contribution < 1.29 is 0 Å². The van der Waals surface area contributed by atoms with Crippen molar-refractivity contribution in [2.75, 3.05) is 0 Å². The molecule has 4 nitrogen and oxygen atoms in total. The fourth-order valence-electron chi connectivity index (χ4n) is 1.23. The fourth-order valence-corrected chi connectivity index (χ4v) is 2.40. The third-order valence-corrected chi connectivity index (χ3v) is 3.45. The van der Waals surface area contributed by atoms with Gasteiger partial charge in [0.25, 0.3) is 0 Å². The summed E-state index contributed by atoms with van der Waals surface area (Å²) in [5.74, 6) is 0.649. The van der Waals surface area contributed by atoms with Gasteiger partial charge in [0.2, 0.25) is 0 Å². The molecule has 2 rings (SSSR count). The molecule has 0 aromatic carbocycles. The Hall–Kier alpha value is -1.20. The molecule has 0 amide bonds. The van der Waals surface area contributed by atoms with Crippen LogP contribution in [-0.4, -0.2) is 19.9 Å². The molecule has 0 aliphatic carbocycles. The van der Waals surface area contributed by atoms with Crippen molar-refractivity contribution in [3.8, 4) is 0 Å². The van der Waals surface area contributed by atoms with E-state index in [1.807, 2.05) is 26.8 Å². The highest BCUT2D eigenvalue weighted by Gasteiger charge is 2.10. The lowest BCUT2D eigenvalue weighted by atomic mass is 10.4. The van der Waals surface area contributed by atoms with Gasteiger partial charge in [-0.25, -0.2) is 19.9 Å². The molecule has 0 radical (unpaired) electrons. The predicted octanol–water partition coefficient (Wildman–Crippen LogP) is 3.00. The Balaban J connectivity index is 2.36. The second-order valence-electron chi connectivity index (χ2n) is 3.57. The first-order valence-corrected chi connectivity index (χ1v) is 6.24. The summed E-state index contributed by atoms with van der Waals surface area (Å²) in [5, 5.41) is 1.95. The van der Waals surface area contributed by atoms with Gasteiger partial charge in [-0.1, -0.05) is 11.6 Å². The molecular formula is C11H11ClN4S. The highest BCUT2D eigenvalue weighted by atomic mass is 35.5. The molecule has 0 bridgehead atoms. The Morgan fingerprint density at radius 2 is 1.88 bits per heavy atom. The van der Waals surface area contributed by atoms with Crippen molar-refractivity contribution in [3.05, 3.63) is 34.5 Å². The Morgan fingerprint density at radius 3 is 2.59 bits per heavy atom. The molecule has 0 N–H and O–H groups in total. The second kappa shape index (κ2) is 4.98. The van der Waals surface area contributed by atoms with Gasteiger partial charge in [-0.2, -0.15) is 0 Å². The maximum atomic E-state index is 6.01. The van der Waals surface area contributed by atoms with E-state index in [9.17, 15) is 0 Å². The van der Waals surface area contributed by atoms with Crippen molar-refractivity contribution in [2.45, 2.75) is 31.0 Å². The number of hydrogen-bond donors (Lipinski definition) is 0. The van der Waals surface area contributed by atoms with E-state index < -0.39 is 0 Å². The van der Waals surface area contributed by atoms with Crippen LogP contribution in [0.2, 0.25) is 5.15 Å². The lowest BCUT2D eigenvalue weighted by molar-refractivity contribution is 0.906. The molecule has 6 heteroatoms. The van der Waals surface area contributed by atoms with E-state index >= 15 is 0 Å². The van der Waals surface area contributed by atoms with Crippen LogP contribution >= 0.6 is 23.4 Å². The largest absolute Gasteiger partial charge is 0.231 e. The normalized spacial score (nSPS) is 10.6. The lowest BCUT2D eigenvalue weighted by Crippen LogP contribution is -1.96. The number of aromatic nitrogens is 4. The van der Waals surface area contributed by atoms with Crippen LogP contribution in [-0.2, 0) is 0 Å². The molecular weight excluding hydrogens is 256 g/mol. The van der Waals surface area contributed by atoms with Crippen molar-refractivity contribution in [3.63, 3.8) is 0 Å². The molecule has 2 aromatic heterocycles. The summed E-state index contributed by atoms with van der Waals surface area (Å²) in [6, 6.07) is 1.86. The number of rotatable bonds is 2. The van der Waals surface area contributed by atoms with Gasteiger partial charge in [0.15, 0.2) is 5.16 Å². The minimum absolute atomic E-state index is 0.479. The Bertz CT molecular complexity index is 559. The van der Waals surface area contributed by atoms with Gasteiger partial charge in [-0.15, -0.1) is 0 Å². The molecule has 0 saturated carbocycles. The van der Waals surface area contributed by atoms with Crippen molar-refractivity contribution >= 4 is 23.4 Å². The topological polar surface area (TPSA) is 51.6 Å². The molecule has 0 atom stereocenters. The summed E-state index contributed by atoms with van der Waals surface area (Å²) in [5.41, 5.74) is 1.78. The molecule has 0 spiro atoms. The summed E-state index contributed by atoms with van der Waals surface area (Å²) in [4.78, 5) is 16.9. The maximum absolute atomic E-state index is 6.01. The molecule has 0 fully saturated rings. The van der Waals surface area contributed by atoms with Crippen LogP contribution in [0.25, 0.3) is 0 Å². The average Bonchev–Trinajstić information content (AvgIpc) is 2.25. The van der Waals surface area contributed by atoms with Crippen molar-refractivity contribution in [1.82, 2.24) is 19.9 Å². The summed E-state index contributed by atoms with van der Waals surface area (Å²) in [6.45, 7) is 5.63. The maximum Gasteiger partial charge on any atom is 0.194 e. The van der Waals surface area contributed by atoms with E-state index in [4.69, 9.17) is 11.6 Å². The van der Waals surface area contributed by atoms with Gasteiger partial charge in [0, 0.05) is 17.5 Å². The third kappa shape index (κ3) is 2.92. The van der Waals surface area contributed by atoms with Crippen LogP contribution in [0.1, 0.15) is 17.1 Å². The molecule has 2 aromatic rings. The Kier molecular flexibility index (Phi) is 3.59. The number of aryl methyl sites for hydroxylation is 2. The molecule has 0 saturated heterocycles. The molecule has 0 unspecified atom stereocenters. The van der Waals surface area contributed by atoms with E-state index in [1.54, 1.807) is 6.20 Å². The molecule has 17 heavy (non-hydrogen) atoms. The van der Waals surface area contributed by atoms with Gasteiger partial charge in [-0.3, -0.25) is 0 Å². The van der Waals surface area contributed by atoms with E-state index in [1.165, 1.54) is 11.8 Å².